The molecule has 122 valence electrons. The van der Waals surface area contributed by atoms with E-state index in [1.165, 1.54) is 0 Å². The lowest BCUT2D eigenvalue weighted by Gasteiger charge is -2.33. The number of hydrogen-bond donors (Lipinski definition) is 2. The maximum absolute atomic E-state index is 12.7. The van der Waals surface area contributed by atoms with Crippen LogP contribution in [0.2, 0.25) is 0 Å². The smallest absolute Gasteiger partial charge is 0.233 e. The predicted octanol–water partition coefficient (Wildman–Crippen LogP) is 1.55. The number of sulfone groups is 1. The molecule has 0 saturated carbocycles. The number of nitrogens with one attached hydrogen (secondary N) is 1. The van der Waals surface area contributed by atoms with E-state index in [-0.39, 0.29) is 28.4 Å². The molecule has 1 rings (SSSR count). The molecule has 21 heavy (non-hydrogen) atoms. The van der Waals surface area contributed by atoms with Crippen molar-refractivity contribution in [3.05, 3.63) is 0 Å². The van der Waals surface area contributed by atoms with Crippen LogP contribution >= 0.6 is 12.2 Å². The van der Waals surface area contributed by atoms with Crippen molar-refractivity contribution in [1.29, 1.82) is 0 Å². The van der Waals surface area contributed by atoms with Crippen LogP contribution in [0.5, 0.6) is 0 Å². The van der Waals surface area contributed by atoms with Crippen LogP contribution in [-0.2, 0) is 14.6 Å². The van der Waals surface area contributed by atoms with Crippen molar-refractivity contribution in [2.45, 2.75) is 58.4 Å². The lowest BCUT2D eigenvalue weighted by atomic mass is 9.78. The number of hydrogen-bond acceptors (Lipinski definition) is 4. The number of rotatable bonds is 7. The fraction of sp³-hybridized carbons (Fsp3) is 0.857. The maximum atomic E-state index is 12.7. The van der Waals surface area contributed by atoms with E-state index in [4.69, 9.17) is 18.0 Å². The Morgan fingerprint density at radius 1 is 1.33 bits per heavy atom. The van der Waals surface area contributed by atoms with E-state index in [2.05, 4.69) is 5.32 Å². The first-order valence-electron chi connectivity index (χ1n) is 7.58. The molecule has 0 aromatic rings. The van der Waals surface area contributed by atoms with E-state index in [1.54, 1.807) is 0 Å². The van der Waals surface area contributed by atoms with Crippen molar-refractivity contribution in [2.24, 2.45) is 11.1 Å². The molecule has 0 aliphatic carbocycles. The molecule has 0 aromatic heterocycles. The third kappa shape index (κ3) is 4.64. The molecule has 1 heterocycles. The third-order valence-electron chi connectivity index (χ3n) is 4.06. The molecule has 1 unspecified atom stereocenters. The van der Waals surface area contributed by atoms with Crippen LogP contribution in [0.25, 0.3) is 0 Å². The van der Waals surface area contributed by atoms with E-state index >= 15 is 0 Å². The molecule has 0 radical (unpaired) electrons. The first-order valence-corrected chi connectivity index (χ1v) is 9.81. The number of carbonyl (C=O) groups excluding carboxylic acids is 1. The van der Waals surface area contributed by atoms with Crippen molar-refractivity contribution in [1.82, 2.24) is 5.32 Å². The largest absolute Gasteiger partial charge is 0.392 e. The van der Waals surface area contributed by atoms with Crippen LogP contribution < -0.4 is 11.1 Å². The normalized spacial score (nSPS) is 21.7. The van der Waals surface area contributed by atoms with Gasteiger partial charge < -0.3 is 11.1 Å². The van der Waals surface area contributed by atoms with Gasteiger partial charge in [0.1, 0.15) is 0 Å². The maximum Gasteiger partial charge on any atom is 0.233 e. The highest BCUT2D eigenvalue weighted by Gasteiger charge is 2.41. The summed E-state index contributed by atoms with van der Waals surface area (Å²) in [6.07, 6.45) is 4.08. The Morgan fingerprint density at radius 3 is 2.33 bits per heavy atom. The van der Waals surface area contributed by atoms with Gasteiger partial charge in [-0.15, -0.1) is 0 Å². The predicted molar refractivity (Wildman–Crippen MR) is 88.9 cm³/mol. The highest BCUT2D eigenvalue weighted by Crippen LogP contribution is 2.31. The van der Waals surface area contributed by atoms with Gasteiger partial charge in [-0.3, -0.25) is 4.79 Å². The number of amides is 1. The van der Waals surface area contributed by atoms with Gasteiger partial charge in [0.05, 0.1) is 21.9 Å². The van der Waals surface area contributed by atoms with Gasteiger partial charge in [0, 0.05) is 6.04 Å². The summed E-state index contributed by atoms with van der Waals surface area (Å²) in [4.78, 5) is 12.9. The Morgan fingerprint density at radius 2 is 1.90 bits per heavy atom. The van der Waals surface area contributed by atoms with Gasteiger partial charge in [-0.25, -0.2) is 8.42 Å². The average Bonchev–Trinajstić information content (AvgIpc) is 2.36. The molecule has 1 amide bonds. The minimum absolute atomic E-state index is 0.0183. The molecule has 1 aliphatic heterocycles. The number of nitrogens with two attached hydrogens (primary N) is 1. The second-order valence-electron chi connectivity index (χ2n) is 5.87. The zero-order chi connectivity index (χ0) is 16.1. The van der Waals surface area contributed by atoms with Crippen molar-refractivity contribution in [2.75, 3.05) is 11.5 Å². The Kier molecular flexibility index (Phi) is 6.59. The summed E-state index contributed by atoms with van der Waals surface area (Å²) in [6.45, 7) is 3.97. The van der Waals surface area contributed by atoms with E-state index in [0.717, 1.165) is 12.8 Å². The molecule has 0 aromatic carbocycles. The monoisotopic (exact) mass is 334 g/mol. The van der Waals surface area contributed by atoms with Crippen LogP contribution in [-0.4, -0.2) is 36.9 Å². The van der Waals surface area contributed by atoms with Gasteiger partial charge in [-0.05, 0) is 25.7 Å². The zero-order valence-corrected chi connectivity index (χ0v) is 14.5. The van der Waals surface area contributed by atoms with E-state index < -0.39 is 15.3 Å². The SMILES string of the molecule is CCCC(CCC)(C(=O)NC1CCCS(=O)(=O)C1)C(N)=S. The molecule has 1 aliphatic rings. The zero-order valence-electron chi connectivity index (χ0n) is 12.9. The second kappa shape index (κ2) is 7.54. The minimum atomic E-state index is -3.05. The topological polar surface area (TPSA) is 89.3 Å². The molecule has 1 atom stereocenters. The standard InChI is InChI=1S/C14H26N2O3S2/c1-3-7-14(8-4-2,12(15)20)13(17)16-11-6-5-9-21(18,19)10-11/h11H,3-10H2,1-2H3,(H2,15,20)(H,16,17). The summed E-state index contributed by atoms with van der Waals surface area (Å²) in [5.74, 6) is 0.0227. The molecular formula is C14H26N2O3S2. The molecular weight excluding hydrogens is 308 g/mol. The molecule has 3 N–H and O–H groups in total. The minimum Gasteiger partial charge on any atom is -0.392 e. The number of thiocarbonyl (C=S) groups is 1. The first-order chi connectivity index (χ1) is 9.77. The number of carbonyl (C=O) groups is 1. The van der Waals surface area contributed by atoms with Gasteiger partial charge in [0.2, 0.25) is 5.91 Å². The Hall–Kier alpha value is -0.690. The fourth-order valence-electron chi connectivity index (χ4n) is 3.02. The Bertz CT molecular complexity index is 482. The lowest BCUT2D eigenvalue weighted by Crippen LogP contribution is -2.53. The highest BCUT2D eigenvalue weighted by atomic mass is 32.2. The summed E-state index contributed by atoms with van der Waals surface area (Å²) in [6, 6.07) is -0.321. The van der Waals surface area contributed by atoms with Gasteiger partial charge in [-0.2, -0.15) is 0 Å². The van der Waals surface area contributed by atoms with E-state index in [0.29, 0.717) is 25.7 Å². The van der Waals surface area contributed by atoms with Gasteiger partial charge in [0.25, 0.3) is 0 Å². The van der Waals surface area contributed by atoms with E-state index in [9.17, 15) is 13.2 Å². The van der Waals surface area contributed by atoms with Crippen molar-refractivity contribution in [3.8, 4) is 0 Å². The van der Waals surface area contributed by atoms with Crippen molar-refractivity contribution >= 4 is 33.0 Å². The molecule has 0 bridgehead atoms. The molecule has 0 spiro atoms. The second-order valence-corrected chi connectivity index (χ2v) is 8.54. The highest BCUT2D eigenvalue weighted by molar-refractivity contribution is 7.91. The van der Waals surface area contributed by atoms with E-state index in [1.807, 2.05) is 13.8 Å². The average molecular weight is 335 g/mol. The van der Waals surface area contributed by atoms with Gasteiger partial charge in [0.15, 0.2) is 9.84 Å². The Balaban J connectivity index is 2.88. The molecule has 7 heteroatoms. The summed E-state index contributed by atoms with van der Waals surface area (Å²) >= 11 is 5.15. The summed E-state index contributed by atoms with van der Waals surface area (Å²) < 4.78 is 23.4. The third-order valence-corrected chi connectivity index (χ3v) is 6.27. The molecule has 1 saturated heterocycles. The van der Waals surface area contributed by atoms with Crippen LogP contribution in [0.15, 0.2) is 0 Å². The van der Waals surface area contributed by atoms with Gasteiger partial charge in [-0.1, -0.05) is 38.9 Å². The van der Waals surface area contributed by atoms with Crippen LogP contribution in [0.3, 0.4) is 0 Å². The summed E-state index contributed by atoms with van der Waals surface area (Å²) in [7, 11) is -3.05. The van der Waals surface area contributed by atoms with Gasteiger partial charge >= 0.3 is 0 Å². The van der Waals surface area contributed by atoms with Crippen LogP contribution in [0.4, 0.5) is 0 Å². The fourth-order valence-corrected chi connectivity index (χ4v) is 4.96. The summed E-state index contributed by atoms with van der Waals surface area (Å²) in [5, 5.41) is 2.88. The van der Waals surface area contributed by atoms with Crippen LogP contribution in [0, 0.1) is 5.41 Å². The quantitative estimate of drug-likeness (QED) is 0.690. The Labute approximate surface area is 133 Å². The molecule has 5 nitrogen and oxygen atoms in total. The summed E-state index contributed by atoms with van der Waals surface area (Å²) in [5.41, 5.74) is 5.01. The van der Waals surface area contributed by atoms with Crippen molar-refractivity contribution < 1.29 is 13.2 Å². The first kappa shape index (κ1) is 18.4. The molecule has 1 fully saturated rings. The van der Waals surface area contributed by atoms with Crippen molar-refractivity contribution in [3.63, 3.8) is 0 Å². The lowest BCUT2D eigenvalue weighted by molar-refractivity contribution is -0.128. The van der Waals surface area contributed by atoms with Crippen LogP contribution in [0.1, 0.15) is 52.4 Å².